The van der Waals surface area contributed by atoms with Gasteiger partial charge in [0.1, 0.15) is 6.33 Å². The van der Waals surface area contributed by atoms with Gasteiger partial charge in [0.15, 0.2) is 11.5 Å². The van der Waals surface area contributed by atoms with Crippen LogP contribution in [0.4, 0.5) is 5.82 Å². The molecule has 3 aromatic rings. The predicted molar refractivity (Wildman–Crippen MR) is 105 cm³/mol. The summed E-state index contributed by atoms with van der Waals surface area (Å²) in [6.45, 7) is 1.99. The Bertz CT molecular complexity index is 979. The number of aryl methyl sites for hydroxylation is 1. The number of anilines is 1. The van der Waals surface area contributed by atoms with Gasteiger partial charge >= 0.3 is 0 Å². The summed E-state index contributed by atoms with van der Waals surface area (Å²) in [5.74, 6) is 0.607. The van der Waals surface area contributed by atoms with Crippen molar-refractivity contribution in [1.82, 2.24) is 25.2 Å². The average molecular weight is 385 g/mol. The maximum atomic E-state index is 12.4. The summed E-state index contributed by atoms with van der Waals surface area (Å²) in [6, 6.07) is 5.63. The van der Waals surface area contributed by atoms with Crippen molar-refractivity contribution >= 4 is 34.4 Å². The molecule has 0 aliphatic heterocycles. The van der Waals surface area contributed by atoms with Gasteiger partial charge in [-0.3, -0.25) is 15.6 Å². The quantitative estimate of drug-likeness (QED) is 0.668. The molecule has 2 aromatic heterocycles. The van der Waals surface area contributed by atoms with Crippen LogP contribution in [-0.4, -0.2) is 25.7 Å². The number of nitrogens with one attached hydrogen (secondary N) is 2. The number of amides is 1. The lowest BCUT2D eigenvalue weighted by atomic mass is 9.89. The molecule has 8 heteroatoms. The van der Waals surface area contributed by atoms with Crippen molar-refractivity contribution in [2.24, 2.45) is 5.92 Å². The van der Waals surface area contributed by atoms with Gasteiger partial charge in [-0.2, -0.15) is 5.10 Å². The molecule has 1 amide bonds. The van der Waals surface area contributed by atoms with Crippen LogP contribution in [0.5, 0.6) is 0 Å². The number of aromatic nitrogens is 4. The lowest BCUT2D eigenvalue weighted by molar-refractivity contribution is -0.125. The van der Waals surface area contributed by atoms with Gasteiger partial charge < -0.3 is 0 Å². The zero-order valence-electron chi connectivity index (χ0n) is 15.1. The molecule has 1 saturated carbocycles. The molecule has 27 heavy (non-hydrogen) atoms. The Labute approximate surface area is 162 Å². The number of nitrogens with zero attached hydrogens (tertiary/aromatic N) is 4. The summed E-state index contributed by atoms with van der Waals surface area (Å²) in [5, 5.41) is 5.80. The van der Waals surface area contributed by atoms with Crippen LogP contribution in [0.2, 0.25) is 5.02 Å². The highest BCUT2D eigenvalue weighted by molar-refractivity contribution is 6.30. The highest BCUT2D eigenvalue weighted by Crippen LogP contribution is 2.26. The summed E-state index contributed by atoms with van der Waals surface area (Å²) in [5.41, 5.74) is 8.27. The predicted octanol–water partition coefficient (Wildman–Crippen LogP) is 3.80. The molecular weight excluding hydrogens is 364 g/mol. The molecular formula is C19H21ClN6O. The second-order valence-corrected chi connectivity index (χ2v) is 7.33. The SMILES string of the molecule is Cc1ccc(Cl)cc1-n1ncc2c(NNC(=O)C3CCCCC3)ncnc21. The summed E-state index contributed by atoms with van der Waals surface area (Å²) < 4.78 is 1.73. The van der Waals surface area contributed by atoms with Crippen LogP contribution in [0.1, 0.15) is 37.7 Å². The van der Waals surface area contributed by atoms with Crippen LogP contribution in [0, 0.1) is 12.8 Å². The van der Waals surface area contributed by atoms with E-state index in [0.717, 1.165) is 42.3 Å². The number of hydrogen-bond acceptors (Lipinski definition) is 5. The molecule has 1 aliphatic rings. The average Bonchev–Trinajstić information content (AvgIpc) is 3.13. The van der Waals surface area contributed by atoms with Crippen molar-refractivity contribution in [2.75, 3.05) is 5.43 Å². The van der Waals surface area contributed by atoms with E-state index in [0.29, 0.717) is 16.5 Å². The van der Waals surface area contributed by atoms with Gasteiger partial charge in [0.2, 0.25) is 5.91 Å². The largest absolute Gasteiger partial charge is 0.281 e. The number of benzene rings is 1. The van der Waals surface area contributed by atoms with Crippen molar-refractivity contribution in [3.05, 3.63) is 41.3 Å². The zero-order chi connectivity index (χ0) is 18.8. The van der Waals surface area contributed by atoms with Crippen molar-refractivity contribution in [2.45, 2.75) is 39.0 Å². The number of rotatable bonds is 4. The third-order valence-corrected chi connectivity index (χ3v) is 5.28. The number of halogens is 1. The normalized spacial score (nSPS) is 15.0. The first-order valence-electron chi connectivity index (χ1n) is 9.14. The number of carbonyl (C=O) groups is 1. The standard InChI is InChI=1S/C19H21ClN6O/c1-12-7-8-14(20)9-16(12)26-18-15(10-23-26)17(21-11-22-18)24-25-19(27)13-5-3-2-4-6-13/h7-11,13H,2-6H2,1H3,(H,25,27)(H,21,22,24). The van der Waals surface area contributed by atoms with Gasteiger partial charge in [-0.15, -0.1) is 0 Å². The molecule has 4 rings (SSSR count). The fourth-order valence-corrected chi connectivity index (χ4v) is 3.68. The Kier molecular flexibility index (Phi) is 4.94. The Morgan fingerprint density at radius 3 is 2.85 bits per heavy atom. The Balaban J connectivity index is 1.59. The maximum absolute atomic E-state index is 12.4. The molecule has 7 nitrogen and oxygen atoms in total. The van der Waals surface area contributed by atoms with Gasteiger partial charge in [-0.1, -0.05) is 36.9 Å². The minimum atomic E-state index is 0.0135. The third-order valence-electron chi connectivity index (χ3n) is 5.05. The zero-order valence-corrected chi connectivity index (χ0v) is 15.8. The van der Waals surface area contributed by atoms with Gasteiger partial charge in [-0.05, 0) is 37.5 Å². The molecule has 1 fully saturated rings. The van der Waals surface area contributed by atoms with Crippen LogP contribution in [0.25, 0.3) is 16.7 Å². The number of hydrogen-bond donors (Lipinski definition) is 2. The Hall–Kier alpha value is -2.67. The Morgan fingerprint density at radius 2 is 2.04 bits per heavy atom. The smallest absolute Gasteiger partial charge is 0.241 e. The van der Waals surface area contributed by atoms with Crippen molar-refractivity contribution in [1.29, 1.82) is 0 Å². The van der Waals surface area contributed by atoms with Crippen LogP contribution in [0.3, 0.4) is 0 Å². The van der Waals surface area contributed by atoms with E-state index in [2.05, 4.69) is 25.9 Å². The second-order valence-electron chi connectivity index (χ2n) is 6.90. The Morgan fingerprint density at radius 1 is 1.22 bits per heavy atom. The van der Waals surface area contributed by atoms with Crippen LogP contribution in [0.15, 0.2) is 30.7 Å². The monoisotopic (exact) mass is 384 g/mol. The van der Waals surface area contributed by atoms with Crippen LogP contribution < -0.4 is 10.9 Å². The molecule has 0 spiro atoms. The van der Waals surface area contributed by atoms with E-state index in [4.69, 9.17) is 11.6 Å². The third kappa shape index (κ3) is 3.60. The number of fused-ring (bicyclic) bond motifs is 1. The van der Waals surface area contributed by atoms with E-state index in [1.54, 1.807) is 10.9 Å². The molecule has 0 radical (unpaired) electrons. The second kappa shape index (κ2) is 7.52. The highest BCUT2D eigenvalue weighted by atomic mass is 35.5. The van der Waals surface area contributed by atoms with Gasteiger partial charge in [-0.25, -0.2) is 14.6 Å². The first-order chi connectivity index (χ1) is 13.1. The first kappa shape index (κ1) is 17.7. The molecule has 0 atom stereocenters. The highest BCUT2D eigenvalue weighted by Gasteiger charge is 2.21. The summed E-state index contributed by atoms with van der Waals surface area (Å²) >= 11 is 6.14. The van der Waals surface area contributed by atoms with E-state index in [-0.39, 0.29) is 11.8 Å². The van der Waals surface area contributed by atoms with Crippen LogP contribution >= 0.6 is 11.6 Å². The summed E-state index contributed by atoms with van der Waals surface area (Å²) in [4.78, 5) is 21.0. The van der Waals surface area contributed by atoms with Crippen LogP contribution in [-0.2, 0) is 4.79 Å². The summed E-state index contributed by atoms with van der Waals surface area (Å²) in [6.07, 6.45) is 8.46. The molecule has 0 saturated heterocycles. The fraction of sp³-hybridized carbons (Fsp3) is 0.368. The van der Waals surface area contributed by atoms with Gasteiger partial charge in [0.05, 0.1) is 17.3 Å². The van der Waals surface area contributed by atoms with E-state index in [1.165, 1.54) is 12.7 Å². The lowest BCUT2D eigenvalue weighted by Gasteiger charge is -2.21. The van der Waals surface area contributed by atoms with Crippen molar-refractivity contribution in [3.63, 3.8) is 0 Å². The molecule has 0 bridgehead atoms. The van der Waals surface area contributed by atoms with E-state index in [9.17, 15) is 4.79 Å². The van der Waals surface area contributed by atoms with Crippen molar-refractivity contribution in [3.8, 4) is 5.69 Å². The molecule has 2 heterocycles. The van der Waals surface area contributed by atoms with Gasteiger partial charge in [0.25, 0.3) is 0 Å². The van der Waals surface area contributed by atoms with E-state index in [1.807, 2.05) is 25.1 Å². The molecule has 2 N–H and O–H groups in total. The fourth-order valence-electron chi connectivity index (χ4n) is 3.52. The number of carbonyl (C=O) groups excluding carboxylic acids is 1. The molecule has 1 aliphatic carbocycles. The first-order valence-corrected chi connectivity index (χ1v) is 9.52. The molecule has 1 aromatic carbocycles. The van der Waals surface area contributed by atoms with Gasteiger partial charge in [0, 0.05) is 10.9 Å². The minimum Gasteiger partial charge on any atom is -0.281 e. The van der Waals surface area contributed by atoms with E-state index >= 15 is 0 Å². The molecule has 0 unspecified atom stereocenters. The van der Waals surface area contributed by atoms with E-state index < -0.39 is 0 Å². The number of hydrazine groups is 1. The lowest BCUT2D eigenvalue weighted by Crippen LogP contribution is -2.36. The summed E-state index contributed by atoms with van der Waals surface area (Å²) in [7, 11) is 0. The molecule has 140 valence electrons. The minimum absolute atomic E-state index is 0.0135. The maximum Gasteiger partial charge on any atom is 0.241 e. The van der Waals surface area contributed by atoms with Crippen molar-refractivity contribution < 1.29 is 4.79 Å². The topological polar surface area (TPSA) is 84.7 Å².